The molecule has 9 nitrogen and oxygen atoms in total. The SMILES string of the molecule is COC(=O)CN(C(=O)[C@@H](CS)N(C(=O)CN)C(=O)c1ccccc1)C(=S)CC(=O)c1ccccc1. The van der Waals surface area contributed by atoms with Gasteiger partial charge in [-0.15, -0.1) is 0 Å². The summed E-state index contributed by atoms with van der Waals surface area (Å²) in [7, 11) is 1.13. The Kier molecular flexibility index (Phi) is 10.7. The molecule has 0 aliphatic heterocycles. The van der Waals surface area contributed by atoms with Gasteiger partial charge in [0.1, 0.15) is 12.6 Å². The molecule has 0 saturated carbocycles. The number of esters is 1. The number of ketones is 1. The number of carbonyl (C=O) groups excluding carboxylic acids is 5. The summed E-state index contributed by atoms with van der Waals surface area (Å²) < 4.78 is 4.67. The first-order valence-corrected chi connectivity index (χ1v) is 11.5. The highest BCUT2D eigenvalue weighted by Gasteiger charge is 2.38. The van der Waals surface area contributed by atoms with E-state index in [1.165, 1.54) is 12.1 Å². The molecule has 3 amide bonds. The van der Waals surface area contributed by atoms with Crippen molar-refractivity contribution in [3.05, 3.63) is 71.8 Å². The maximum Gasteiger partial charge on any atom is 0.325 e. The molecule has 0 spiro atoms. The fourth-order valence-corrected chi connectivity index (χ4v) is 3.74. The number of amides is 3. The minimum atomic E-state index is -1.45. The average Bonchev–Trinajstić information content (AvgIpc) is 2.89. The fourth-order valence-electron chi connectivity index (χ4n) is 3.14. The van der Waals surface area contributed by atoms with Crippen LogP contribution < -0.4 is 5.73 Å². The zero-order valence-electron chi connectivity index (χ0n) is 19.0. The number of thiol groups is 1. The molecular formula is C24H25N3O6S2. The van der Waals surface area contributed by atoms with Crippen molar-refractivity contribution in [2.75, 3.05) is 26.0 Å². The van der Waals surface area contributed by atoms with E-state index in [2.05, 4.69) is 17.4 Å². The van der Waals surface area contributed by atoms with Crippen molar-refractivity contribution in [3.8, 4) is 0 Å². The highest BCUT2D eigenvalue weighted by atomic mass is 32.1. The summed E-state index contributed by atoms with van der Waals surface area (Å²) >= 11 is 9.52. The van der Waals surface area contributed by atoms with Crippen LogP contribution in [0.15, 0.2) is 60.7 Å². The fraction of sp³-hybridized carbons (Fsp3) is 0.250. The molecule has 0 saturated heterocycles. The number of ether oxygens (including phenoxy) is 1. The normalized spacial score (nSPS) is 11.2. The molecule has 0 fully saturated rings. The van der Waals surface area contributed by atoms with Gasteiger partial charge in [0.05, 0.1) is 25.1 Å². The lowest BCUT2D eigenvalue weighted by Gasteiger charge is -2.32. The number of carbonyl (C=O) groups is 5. The molecule has 0 bridgehead atoms. The van der Waals surface area contributed by atoms with E-state index in [1.807, 2.05) is 0 Å². The predicted octanol–water partition coefficient (Wildman–Crippen LogP) is 1.51. The molecule has 2 aromatic carbocycles. The van der Waals surface area contributed by atoms with Crippen molar-refractivity contribution in [2.24, 2.45) is 5.73 Å². The van der Waals surface area contributed by atoms with E-state index in [4.69, 9.17) is 18.0 Å². The molecule has 0 heterocycles. The number of methoxy groups -OCH3 is 1. The van der Waals surface area contributed by atoms with Gasteiger partial charge < -0.3 is 10.5 Å². The Morgan fingerprint density at radius 2 is 1.51 bits per heavy atom. The number of hydrogen-bond acceptors (Lipinski definition) is 9. The second-order valence-electron chi connectivity index (χ2n) is 7.20. The quantitative estimate of drug-likeness (QED) is 0.211. The molecule has 184 valence electrons. The molecule has 0 aliphatic rings. The van der Waals surface area contributed by atoms with Crippen LogP contribution in [0.4, 0.5) is 0 Å². The first kappa shape index (κ1) is 27.8. The maximum atomic E-state index is 13.6. The lowest BCUT2D eigenvalue weighted by atomic mass is 10.1. The first-order valence-electron chi connectivity index (χ1n) is 10.5. The standard InChI is InChI=1S/C24H25N3O6S2/c1-33-22(30)14-26(21(35)12-19(28)16-8-4-2-5-9-16)24(32)18(15-34)27(20(29)13-25)23(31)17-10-6-3-7-11-17/h2-11,18,34H,12-15,25H2,1H3/t18-/m1/s1. The molecule has 11 heteroatoms. The van der Waals surface area contributed by atoms with Crippen molar-refractivity contribution >= 4 is 59.3 Å². The van der Waals surface area contributed by atoms with Gasteiger partial charge in [-0.3, -0.25) is 33.8 Å². The maximum absolute atomic E-state index is 13.6. The lowest BCUT2D eigenvalue weighted by Crippen LogP contribution is -2.57. The monoisotopic (exact) mass is 515 g/mol. The van der Waals surface area contributed by atoms with Crippen LogP contribution in [0.3, 0.4) is 0 Å². The Morgan fingerprint density at radius 1 is 0.971 bits per heavy atom. The molecule has 35 heavy (non-hydrogen) atoms. The number of rotatable bonds is 10. The number of nitrogens with zero attached hydrogens (tertiary/aromatic N) is 2. The summed E-state index contributed by atoms with van der Waals surface area (Å²) in [5, 5.41) is 0. The van der Waals surface area contributed by atoms with Crippen LogP contribution in [-0.4, -0.2) is 76.3 Å². The molecule has 2 N–H and O–H groups in total. The molecular weight excluding hydrogens is 490 g/mol. The summed E-state index contributed by atoms with van der Waals surface area (Å²) in [6, 6.07) is 14.7. The number of thiocarbonyl (C=S) groups is 1. The van der Waals surface area contributed by atoms with Gasteiger partial charge in [-0.05, 0) is 12.1 Å². The summed E-state index contributed by atoms with van der Waals surface area (Å²) in [6.45, 7) is -1.17. The van der Waals surface area contributed by atoms with Gasteiger partial charge in [-0.1, -0.05) is 60.7 Å². The minimum Gasteiger partial charge on any atom is -0.468 e. The van der Waals surface area contributed by atoms with Crippen molar-refractivity contribution in [1.29, 1.82) is 0 Å². The third kappa shape index (κ3) is 7.28. The average molecular weight is 516 g/mol. The third-order valence-corrected chi connectivity index (χ3v) is 5.65. The van der Waals surface area contributed by atoms with Gasteiger partial charge in [0.25, 0.3) is 11.8 Å². The molecule has 0 unspecified atom stereocenters. The first-order chi connectivity index (χ1) is 16.7. The highest BCUT2D eigenvalue weighted by molar-refractivity contribution is 7.80. The third-order valence-electron chi connectivity index (χ3n) is 4.94. The van der Waals surface area contributed by atoms with Gasteiger partial charge in [0.15, 0.2) is 5.78 Å². The molecule has 0 aromatic heterocycles. The van der Waals surface area contributed by atoms with Gasteiger partial charge in [-0.25, -0.2) is 0 Å². The molecule has 0 aliphatic carbocycles. The number of hydrogen-bond donors (Lipinski definition) is 2. The van der Waals surface area contributed by atoms with Crippen molar-refractivity contribution in [1.82, 2.24) is 9.80 Å². The van der Waals surface area contributed by atoms with E-state index in [0.717, 1.165) is 12.0 Å². The second-order valence-corrected chi connectivity index (χ2v) is 8.03. The second kappa shape index (κ2) is 13.5. The van der Waals surface area contributed by atoms with Gasteiger partial charge >= 0.3 is 5.97 Å². The van der Waals surface area contributed by atoms with E-state index in [0.29, 0.717) is 10.5 Å². The summed E-state index contributed by atoms with van der Waals surface area (Å²) in [5.41, 5.74) is 6.03. The Morgan fingerprint density at radius 3 is 2.00 bits per heavy atom. The Hall–Kier alpha value is -3.41. The molecule has 2 rings (SSSR count). The van der Waals surface area contributed by atoms with Gasteiger partial charge in [0, 0.05) is 16.9 Å². The Balaban J connectivity index is 2.40. The van der Waals surface area contributed by atoms with Crippen LogP contribution in [0, 0.1) is 0 Å². The zero-order valence-corrected chi connectivity index (χ0v) is 20.7. The molecule has 0 radical (unpaired) electrons. The number of benzene rings is 2. The number of nitrogens with two attached hydrogens (primary N) is 1. The van der Waals surface area contributed by atoms with E-state index in [9.17, 15) is 24.0 Å². The van der Waals surface area contributed by atoms with Crippen molar-refractivity contribution in [3.63, 3.8) is 0 Å². The summed E-state index contributed by atoms with van der Waals surface area (Å²) in [5.74, 6) is -3.93. The van der Waals surface area contributed by atoms with Crippen molar-refractivity contribution < 1.29 is 28.7 Å². The smallest absolute Gasteiger partial charge is 0.325 e. The van der Waals surface area contributed by atoms with E-state index in [1.54, 1.807) is 48.5 Å². The van der Waals surface area contributed by atoms with Crippen molar-refractivity contribution in [2.45, 2.75) is 12.5 Å². The number of imide groups is 1. The van der Waals surface area contributed by atoms with Crippen LogP contribution >= 0.6 is 24.8 Å². The molecule has 1 atom stereocenters. The van der Waals surface area contributed by atoms with E-state index >= 15 is 0 Å². The van der Waals surface area contributed by atoms with Crippen LogP contribution in [0.5, 0.6) is 0 Å². The minimum absolute atomic E-state index is 0.148. The predicted molar refractivity (Wildman–Crippen MR) is 136 cm³/mol. The molecule has 2 aromatic rings. The van der Waals surface area contributed by atoms with E-state index in [-0.39, 0.29) is 28.5 Å². The van der Waals surface area contributed by atoms with Crippen LogP contribution in [-0.2, 0) is 19.1 Å². The Bertz CT molecular complexity index is 1090. The lowest BCUT2D eigenvalue weighted by molar-refractivity contribution is -0.146. The topological polar surface area (TPSA) is 127 Å². The summed E-state index contributed by atoms with van der Waals surface area (Å²) in [4.78, 5) is 65.5. The largest absolute Gasteiger partial charge is 0.468 e. The van der Waals surface area contributed by atoms with E-state index < -0.39 is 42.8 Å². The zero-order chi connectivity index (χ0) is 26.0. The number of Topliss-reactive ketones (excluding diaryl/α,β-unsaturated/α-hetero) is 1. The van der Waals surface area contributed by atoms with Gasteiger partial charge in [0.2, 0.25) is 5.91 Å². The van der Waals surface area contributed by atoms with Crippen LogP contribution in [0.25, 0.3) is 0 Å². The summed E-state index contributed by atoms with van der Waals surface area (Å²) in [6.07, 6.45) is -0.362. The highest BCUT2D eigenvalue weighted by Crippen LogP contribution is 2.16. The Labute approximate surface area is 213 Å². The van der Waals surface area contributed by atoms with Crippen LogP contribution in [0.2, 0.25) is 0 Å². The van der Waals surface area contributed by atoms with Gasteiger partial charge in [-0.2, -0.15) is 12.6 Å². The van der Waals surface area contributed by atoms with Crippen LogP contribution in [0.1, 0.15) is 27.1 Å².